The van der Waals surface area contributed by atoms with Crippen LogP contribution in [0.2, 0.25) is 0 Å². The summed E-state index contributed by atoms with van der Waals surface area (Å²) in [4.78, 5) is 4.51. The molecule has 0 aliphatic heterocycles. The lowest BCUT2D eigenvalue weighted by molar-refractivity contribution is -0.0498. The Hall–Kier alpha value is -1.91. The average molecular weight is 493 g/mol. The van der Waals surface area contributed by atoms with Crippen molar-refractivity contribution in [3.05, 3.63) is 46.8 Å². The normalized spacial score (nSPS) is 11.3. The van der Waals surface area contributed by atoms with E-state index in [0.717, 1.165) is 22.5 Å². The number of hydrogen-bond acceptors (Lipinski definition) is 3. The molecule has 0 aliphatic rings. The molecule has 6 nitrogen and oxygen atoms in total. The van der Waals surface area contributed by atoms with Crippen LogP contribution in [0.15, 0.2) is 29.3 Å². The van der Waals surface area contributed by atoms with Gasteiger partial charge in [-0.25, -0.2) is 4.99 Å². The number of aryl methyl sites for hydroxylation is 2. The first-order valence-electron chi connectivity index (χ1n) is 8.45. The molecule has 0 atom stereocenters. The molecule has 2 N–H and O–H groups in total. The van der Waals surface area contributed by atoms with Crippen LogP contribution in [0.1, 0.15) is 29.4 Å². The van der Waals surface area contributed by atoms with Crippen molar-refractivity contribution < 1.29 is 13.5 Å². The lowest BCUT2D eigenvalue weighted by Crippen LogP contribution is -2.37. The number of aromatic nitrogens is 2. The van der Waals surface area contributed by atoms with E-state index in [2.05, 4.69) is 25.5 Å². The monoisotopic (exact) mass is 493 g/mol. The first-order chi connectivity index (χ1) is 12.4. The van der Waals surface area contributed by atoms with Gasteiger partial charge in [0.25, 0.3) is 0 Å². The highest BCUT2D eigenvalue weighted by Crippen LogP contribution is 2.16. The van der Waals surface area contributed by atoms with Gasteiger partial charge in [-0.2, -0.15) is 13.9 Å². The molecular formula is C18H26F2IN5O. The van der Waals surface area contributed by atoms with Gasteiger partial charge in [-0.3, -0.25) is 4.68 Å². The topological polar surface area (TPSA) is 63.5 Å². The summed E-state index contributed by atoms with van der Waals surface area (Å²) < 4.78 is 30.9. The molecule has 1 heterocycles. The number of rotatable bonds is 7. The molecule has 0 radical (unpaired) electrons. The lowest BCUT2D eigenvalue weighted by Gasteiger charge is -2.12. The molecule has 27 heavy (non-hydrogen) atoms. The van der Waals surface area contributed by atoms with Gasteiger partial charge in [0.15, 0.2) is 5.96 Å². The van der Waals surface area contributed by atoms with Gasteiger partial charge in [0.2, 0.25) is 0 Å². The van der Waals surface area contributed by atoms with Crippen molar-refractivity contribution in [2.75, 3.05) is 6.54 Å². The van der Waals surface area contributed by atoms with Crippen LogP contribution in [0.4, 0.5) is 8.78 Å². The minimum Gasteiger partial charge on any atom is -0.435 e. The van der Waals surface area contributed by atoms with Crippen molar-refractivity contribution in [2.45, 2.75) is 40.5 Å². The molecule has 150 valence electrons. The molecule has 1 aromatic heterocycles. The Labute approximate surface area is 175 Å². The summed E-state index contributed by atoms with van der Waals surface area (Å²) in [5.74, 6) is 0.780. The van der Waals surface area contributed by atoms with E-state index in [1.807, 2.05) is 38.6 Å². The molecule has 2 rings (SSSR count). The van der Waals surface area contributed by atoms with Crippen LogP contribution in [0, 0.1) is 13.8 Å². The molecule has 0 aliphatic carbocycles. The number of aliphatic imine (C=N–C) groups is 1. The molecule has 0 saturated heterocycles. The highest BCUT2D eigenvalue weighted by molar-refractivity contribution is 14.0. The zero-order valence-electron chi connectivity index (χ0n) is 15.9. The van der Waals surface area contributed by atoms with E-state index in [1.165, 1.54) is 6.07 Å². The number of alkyl halides is 2. The van der Waals surface area contributed by atoms with Gasteiger partial charge >= 0.3 is 6.61 Å². The molecule has 0 spiro atoms. The van der Waals surface area contributed by atoms with E-state index >= 15 is 0 Å². The van der Waals surface area contributed by atoms with Crippen LogP contribution in [0.3, 0.4) is 0 Å². The third-order valence-corrected chi connectivity index (χ3v) is 3.98. The molecule has 9 heteroatoms. The van der Waals surface area contributed by atoms with E-state index in [-0.39, 0.29) is 29.7 Å². The number of ether oxygens (including phenoxy) is 1. The molecule has 0 unspecified atom stereocenters. The maximum atomic E-state index is 12.3. The number of halogens is 3. The molecule has 0 bridgehead atoms. The Morgan fingerprint density at radius 1 is 1.30 bits per heavy atom. The number of benzene rings is 1. The van der Waals surface area contributed by atoms with Crippen LogP contribution < -0.4 is 15.4 Å². The number of guanidine groups is 1. The van der Waals surface area contributed by atoms with Crippen molar-refractivity contribution in [3.8, 4) is 5.75 Å². The van der Waals surface area contributed by atoms with Crippen molar-refractivity contribution in [3.63, 3.8) is 0 Å². The van der Waals surface area contributed by atoms with E-state index in [1.54, 1.807) is 12.1 Å². The highest BCUT2D eigenvalue weighted by Gasteiger charge is 2.10. The smallest absolute Gasteiger partial charge is 0.387 e. The average Bonchev–Trinajstić information content (AvgIpc) is 2.82. The minimum absolute atomic E-state index is 0. The fraction of sp³-hybridized carbons (Fsp3) is 0.444. The maximum Gasteiger partial charge on any atom is 0.387 e. The van der Waals surface area contributed by atoms with Crippen LogP contribution in [0.25, 0.3) is 0 Å². The summed E-state index contributed by atoms with van der Waals surface area (Å²) >= 11 is 0. The van der Waals surface area contributed by atoms with Crippen molar-refractivity contribution >= 4 is 29.9 Å². The van der Waals surface area contributed by atoms with Gasteiger partial charge in [-0.05, 0) is 38.5 Å². The van der Waals surface area contributed by atoms with Crippen LogP contribution >= 0.6 is 24.0 Å². The zero-order chi connectivity index (χ0) is 19.1. The summed E-state index contributed by atoms with van der Waals surface area (Å²) in [5.41, 5.74) is 3.99. The lowest BCUT2D eigenvalue weighted by atomic mass is 10.2. The molecule has 0 amide bonds. The molecule has 0 fully saturated rings. The predicted molar refractivity (Wildman–Crippen MR) is 113 cm³/mol. The summed E-state index contributed by atoms with van der Waals surface area (Å²) in [6.45, 7) is 4.81. The van der Waals surface area contributed by atoms with Crippen LogP contribution in [-0.4, -0.2) is 28.9 Å². The van der Waals surface area contributed by atoms with E-state index in [9.17, 15) is 8.78 Å². The Bertz CT molecular complexity index is 764. The fourth-order valence-electron chi connectivity index (χ4n) is 2.58. The van der Waals surface area contributed by atoms with Crippen LogP contribution in [-0.2, 0) is 20.1 Å². The van der Waals surface area contributed by atoms with Gasteiger partial charge in [0, 0.05) is 31.4 Å². The molecule has 0 saturated carbocycles. The quantitative estimate of drug-likeness (QED) is 0.352. The second-order valence-corrected chi connectivity index (χ2v) is 5.85. The second kappa shape index (κ2) is 11.1. The Morgan fingerprint density at radius 2 is 2.04 bits per heavy atom. The Kier molecular flexibility index (Phi) is 9.47. The van der Waals surface area contributed by atoms with Gasteiger partial charge in [0.05, 0.1) is 12.2 Å². The zero-order valence-corrected chi connectivity index (χ0v) is 18.3. The van der Waals surface area contributed by atoms with E-state index in [4.69, 9.17) is 0 Å². The van der Waals surface area contributed by atoms with Gasteiger partial charge in [-0.1, -0.05) is 12.1 Å². The third kappa shape index (κ3) is 6.96. The van der Waals surface area contributed by atoms with Crippen molar-refractivity contribution in [1.29, 1.82) is 0 Å². The van der Waals surface area contributed by atoms with Crippen LogP contribution in [0.5, 0.6) is 5.75 Å². The summed E-state index contributed by atoms with van der Waals surface area (Å²) in [6.07, 6.45) is 0. The molecule has 1 aromatic carbocycles. The predicted octanol–water partition coefficient (Wildman–Crippen LogP) is 3.51. The summed E-state index contributed by atoms with van der Waals surface area (Å²) in [7, 11) is 1.92. The van der Waals surface area contributed by atoms with Gasteiger partial charge < -0.3 is 15.4 Å². The number of hydrogen-bond donors (Lipinski definition) is 2. The standard InChI is InChI=1S/C18H25F2N5O.HI/c1-5-21-18(23-11-16-12(2)24-25(4)13(16)3)22-10-14-7-6-8-15(9-14)26-17(19)20;/h6-9,17H,5,10-11H2,1-4H3,(H2,21,22,23);1H. The van der Waals surface area contributed by atoms with E-state index < -0.39 is 6.61 Å². The van der Waals surface area contributed by atoms with E-state index in [0.29, 0.717) is 25.6 Å². The first-order valence-corrected chi connectivity index (χ1v) is 8.45. The largest absolute Gasteiger partial charge is 0.435 e. The highest BCUT2D eigenvalue weighted by atomic mass is 127. The van der Waals surface area contributed by atoms with Crippen molar-refractivity contribution in [1.82, 2.24) is 20.4 Å². The Morgan fingerprint density at radius 3 is 2.63 bits per heavy atom. The van der Waals surface area contributed by atoms with Gasteiger partial charge in [-0.15, -0.1) is 24.0 Å². The number of nitrogens with one attached hydrogen (secondary N) is 2. The summed E-state index contributed by atoms with van der Waals surface area (Å²) in [6, 6.07) is 6.55. The molecule has 2 aromatic rings. The fourth-order valence-corrected chi connectivity index (χ4v) is 2.58. The second-order valence-electron chi connectivity index (χ2n) is 5.85. The Balaban J connectivity index is 0.00000364. The van der Waals surface area contributed by atoms with Crippen molar-refractivity contribution in [2.24, 2.45) is 12.0 Å². The maximum absolute atomic E-state index is 12.3. The molecular weight excluding hydrogens is 467 g/mol. The van der Waals surface area contributed by atoms with Gasteiger partial charge in [0.1, 0.15) is 5.75 Å². The summed E-state index contributed by atoms with van der Waals surface area (Å²) in [5, 5.41) is 10.9. The third-order valence-electron chi connectivity index (χ3n) is 3.98. The first kappa shape index (κ1) is 23.1. The SMILES string of the molecule is CCNC(=NCc1cccc(OC(F)F)c1)NCc1c(C)nn(C)c1C.I. The number of nitrogens with zero attached hydrogens (tertiary/aromatic N) is 3. The minimum atomic E-state index is -2.83.